The van der Waals surface area contributed by atoms with Crippen molar-refractivity contribution in [3.05, 3.63) is 22.5 Å². The number of methoxy groups -OCH3 is 1. The number of benzene rings is 1. The van der Waals surface area contributed by atoms with Crippen LogP contribution in [0.25, 0.3) is 0 Å². The Hall–Kier alpha value is -1.00. The Labute approximate surface area is 86.2 Å². The molecule has 78 valence electrons. The van der Waals surface area contributed by atoms with Crippen LogP contribution in [0.2, 0.25) is 5.02 Å². The van der Waals surface area contributed by atoms with E-state index < -0.39 is 11.9 Å². The van der Waals surface area contributed by atoms with Crippen LogP contribution in [0.4, 0.5) is 4.39 Å². The number of aromatic hydroxyl groups is 1. The Bertz CT molecular complexity index is 355. The Balaban J connectivity index is 3.42. The lowest BCUT2D eigenvalue weighted by Gasteiger charge is -2.13. The Morgan fingerprint density at radius 2 is 2.21 bits per heavy atom. The minimum absolute atomic E-state index is 0.119. The van der Waals surface area contributed by atoms with Gasteiger partial charge < -0.3 is 15.6 Å². The van der Waals surface area contributed by atoms with Crippen molar-refractivity contribution in [2.45, 2.75) is 13.0 Å². The average molecular weight is 220 g/mol. The molecule has 0 spiro atoms. The molecular formula is C9H11ClFNO2. The van der Waals surface area contributed by atoms with Crippen LogP contribution in [0.15, 0.2) is 6.07 Å². The molecule has 1 unspecified atom stereocenters. The van der Waals surface area contributed by atoms with E-state index in [1.165, 1.54) is 13.2 Å². The highest BCUT2D eigenvalue weighted by molar-refractivity contribution is 6.31. The van der Waals surface area contributed by atoms with Gasteiger partial charge in [-0.3, -0.25) is 0 Å². The van der Waals surface area contributed by atoms with E-state index in [4.69, 9.17) is 17.3 Å². The van der Waals surface area contributed by atoms with Gasteiger partial charge in [0.1, 0.15) is 0 Å². The van der Waals surface area contributed by atoms with Crippen LogP contribution in [0.3, 0.4) is 0 Å². The lowest BCUT2D eigenvalue weighted by molar-refractivity contribution is 0.347. The third-order valence-corrected chi connectivity index (χ3v) is 2.15. The maximum Gasteiger partial charge on any atom is 0.198 e. The van der Waals surface area contributed by atoms with Gasteiger partial charge in [0.2, 0.25) is 0 Å². The van der Waals surface area contributed by atoms with Crippen LogP contribution in [0.5, 0.6) is 11.5 Å². The van der Waals surface area contributed by atoms with Gasteiger partial charge in [-0.05, 0) is 13.0 Å². The smallest absolute Gasteiger partial charge is 0.198 e. The fourth-order valence-electron chi connectivity index (χ4n) is 1.15. The number of hydrogen-bond acceptors (Lipinski definition) is 3. The van der Waals surface area contributed by atoms with Crippen molar-refractivity contribution in [1.29, 1.82) is 0 Å². The molecule has 1 aromatic carbocycles. The third-order valence-electron chi connectivity index (χ3n) is 1.87. The molecular weight excluding hydrogens is 209 g/mol. The molecule has 0 aliphatic heterocycles. The second-order valence-electron chi connectivity index (χ2n) is 2.93. The minimum atomic E-state index is -0.781. The van der Waals surface area contributed by atoms with E-state index in [1.807, 2.05) is 0 Å². The van der Waals surface area contributed by atoms with E-state index in [2.05, 4.69) is 4.74 Å². The molecule has 5 heteroatoms. The van der Waals surface area contributed by atoms with Gasteiger partial charge in [-0.1, -0.05) is 11.6 Å². The van der Waals surface area contributed by atoms with Gasteiger partial charge in [0.05, 0.1) is 12.1 Å². The first kappa shape index (κ1) is 11.1. The summed E-state index contributed by atoms with van der Waals surface area (Å²) in [5, 5.41) is 9.44. The molecule has 0 radical (unpaired) electrons. The zero-order valence-corrected chi connectivity index (χ0v) is 8.60. The zero-order chi connectivity index (χ0) is 10.9. The summed E-state index contributed by atoms with van der Waals surface area (Å²) in [7, 11) is 1.25. The molecule has 1 aromatic rings. The molecule has 0 fully saturated rings. The number of phenols is 1. The van der Waals surface area contributed by atoms with Gasteiger partial charge in [0.25, 0.3) is 0 Å². The molecule has 0 heterocycles. The number of ether oxygens (including phenoxy) is 1. The van der Waals surface area contributed by atoms with Gasteiger partial charge in [-0.2, -0.15) is 0 Å². The van der Waals surface area contributed by atoms with Gasteiger partial charge in [0.15, 0.2) is 17.3 Å². The number of halogens is 2. The summed E-state index contributed by atoms with van der Waals surface area (Å²) in [4.78, 5) is 0. The SMILES string of the molecule is COc1c(O)c(C(C)N)cc(Cl)c1F. The summed E-state index contributed by atoms with van der Waals surface area (Å²) < 4.78 is 17.9. The maximum atomic E-state index is 13.2. The van der Waals surface area contributed by atoms with Crippen LogP contribution in [-0.4, -0.2) is 12.2 Å². The van der Waals surface area contributed by atoms with Gasteiger partial charge in [-0.15, -0.1) is 0 Å². The van der Waals surface area contributed by atoms with Crippen LogP contribution < -0.4 is 10.5 Å². The molecule has 14 heavy (non-hydrogen) atoms. The lowest BCUT2D eigenvalue weighted by Crippen LogP contribution is -2.06. The van der Waals surface area contributed by atoms with Gasteiger partial charge in [-0.25, -0.2) is 4.39 Å². The summed E-state index contributed by atoms with van der Waals surface area (Å²) in [6.45, 7) is 1.66. The highest BCUT2D eigenvalue weighted by Crippen LogP contribution is 2.39. The number of hydrogen-bond donors (Lipinski definition) is 2. The molecule has 3 nitrogen and oxygen atoms in total. The normalized spacial score (nSPS) is 12.6. The van der Waals surface area contributed by atoms with Crippen molar-refractivity contribution in [3.8, 4) is 11.5 Å². The second kappa shape index (κ2) is 4.02. The van der Waals surface area contributed by atoms with E-state index in [9.17, 15) is 9.50 Å². The fraction of sp³-hybridized carbons (Fsp3) is 0.333. The van der Waals surface area contributed by atoms with Crippen LogP contribution >= 0.6 is 11.6 Å². The molecule has 0 aliphatic carbocycles. The molecule has 0 aliphatic rings. The summed E-state index contributed by atoms with van der Waals surface area (Å²) in [5.41, 5.74) is 5.92. The quantitative estimate of drug-likeness (QED) is 0.802. The molecule has 3 N–H and O–H groups in total. The zero-order valence-electron chi connectivity index (χ0n) is 7.84. The molecule has 1 rings (SSSR count). The summed E-state index contributed by atoms with van der Waals surface area (Å²) in [6.07, 6.45) is 0. The lowest BCUT2D eigenvalue weighted by atomic mass is 10.1. The molecule has 0 saturated carbocycles. The number of phenolic OH excluding ortho intramolecular Hbond substituents is 1. The fourth-order valence-corrected chi connectivity index (χ4v) is 1.35. The van der Waals surface area contributed by atoms with Gasteiger partial charge >= 0.3 is 0 Å². The Kier molecular flexibility index (Phi) is 3.18. The predicted octanol–water partition coefficient (Wildman–Crippen LogP) is 2.21. The first-order valence-electron chi connectivity index (χ1n) is 3.99. The van der Waals surface area contributed by atoms with E-state index >= 15 is 0 Å². The van der Waals surface area contributed by atoms with Gasteiger partial charge in [0, 0.05) is 11.6 Å². The predicted molar refractivity (Wildman–Crippen MR) is 52.2 cm³/mol. The van der Waals surface area contributed by atoms with E-state index in [0.717, 1.165) is 0 Å². The molecule has 0 saturated heterocycles. The van der Waals surface area contributed by atoms with Crippen molar-refractivity contribution in [1.82, 2.24) is 0 Å². The number of rotatable bonds is 2. The average Bonchev–Trinajstić information content (AvgIpc) is 2.12. The standard InChI is InChI=1S/C9H11ClFNO2/c1-4(12)5-3-6(10)7(11)9(14-2)8(5)13/h3-4,13H,12H2,1-2H3. The molecule has 0 amide bonds. The molecule has 1 atom stereocenters. The van der Waals surface area contributed by atoms with E-state index in [1.54, 1.807) is 6.92 Å². The highest BCUT2D eigenvalue weighted by atomic mass is 35.5. The van der Waals surface area contributed by atoms with Crippen molar-refractivity contribution >= 4 is 11.6 Å². The Morgan fingerprint density at radius 1 is 1.64 bits per heavy atom. The monoisotopic (exact) mass is 219 g/mol. The van der Waals surface area contributed by atoms with Crippen molar-refractivity contribution in [3.63, 3.8) is 0 Å². The maximum absolute atomic E-state index is 13.2. The van der Waals surface area contributed by atoms with Crippen molar-refractivity contribution in [2.75, 3.05) is 7.11 Å². The molecule has 0 aromatic heterocycles. The summed E-state index contributed by atoms with van der Waals surface area (Å²) in [6, 6.07) is 0.848. The van der Waals surface area contributed by atoms with Crippen molar-refractivity contribution < 1.29 is 14.2 Å². The summed E-state index contributed by atoms with van der Waals surface area (Å²) in [5.74, 6) is -1.36. The Morgan fingerprint density at radius 3 is 2.64 bits per heavy atom. The summed E-state index contributed by atoms with van der Waals surface area (Å²) >= 11 is 5.59. The first-order valence-corrected chi connectivity index (χ1v) is 4.37. The number of nitrogens with two attached hydrogens (primary N) is 1. The van der Waals surface area contributed by atoms with Crippen molar-refractivity contribution in [2.24, 2.45) is 5.73 Å². The largest absolute Gasteiger partial charge is 0.504 e. The first-order chi connectivity index (χ1) is 6.49. The highest BCUT2D eigenvalue weighted by Gasteiger charge is 2.19. The third kappa shape index (κ3) is 1.76. The second-order valence-corrected chi connectivity index (χ2v) is 3.34. The molecule has 0 bridgehead atoms. The topological polar surface area (TPSA) is 55.5 Å². The minimum Gasteiger partial charge on any atom is -0.504 e. The van der Waals surface area contributed by atoms with Crippen LogP contribution in [0.1, 0.15) is 18.5 Å². The van der Waals surface area contributed by atoms with Crippen LogP contribution in [-0.2, 0) is 0 Å². The van der Waals surface area contributed by atoms with E-state index in [0.29, 0.717) is 5.56 Å². The van der Waals surface area contributed by atoms with Crippen LogP contribution in [0, 0.1) is 5.82 Å². The van der Waals surface area contributed by atoms with E-state index in [-0.39, 0.29) is 16.5 Å².